The first-order chi connectivity index (χ1) is 23.2. The predicted octanol–water partition coefficient (Wildman–Crippen LogP) is -1.93. The van der Waals surface area contributed by atoms with Crippen LogP contribution in [0, 0.1) is 17.8 Å². The Kier molecular flexibility index (Phi) is 12.2. The molecule has 0 aromatic carbocycles. The summed E-state index contributed by atoms with van der Waals surface area (Å²) in [6.07, 6.45) is -6.22. The second-order valence-electron chi connectivity index (χ2n) is 14.1. The molecular formula is C26H46FN7O13S3. The third-order valence-electron chi connectivity index (χ3n) is 10.8. The highest BCUT2D eigenvalue weighted by atomic mass is 32.2. The number of nitrogens with one attached hydrogen (secondary N) is 5. The van der Waals surface area contributed by atoms with E-state index in [1.165, 1.54) is 0 Å². The Morgan fingerprint density at radius 3 is 2.02 bits per heavy atom. The number of aliphatic carboxylic acids is 1. The van der Waals surface area contributed by atoms with Gasteiger partial charge in [0.2, 0.25) is 0 Å². The molecule has 5 fully saturated rings. The van der Waals surface area contributed by atoms with Gasteiger partial charge in [0.25, 0.3) is 30.4 Å². The highest BCUT2D eigenvalue weighted by Gasteiger charge is 2.56. The maximum absolute atomic E-state index is 14.2. The molecule has 4 saturated carbocycles. The van der Waals surface area contributed by atoms with Crippen molar-refractivity contribution in [3.05, 3.63) is 0 Å². The summed E-state index contributed by atoms with van der Waals surface area (Å²) in [6.45, 7) is 0. The van der Waals surface area contributed by atoms with Crippen molar-refractivity contribution in [3.63, 3.8) is 0 Å². The molecule has 1 saturated heterocycles. The van der Waals surface area contributed by atoms with Crippen LogP contribution >= 0.6 is 0 Å². The van der Waals surface area contributed by atoms with E-state index in [2.05, 4.69) is 36.8 Å². The van der Waals surface area contributed by atoms with E-state index in [1.54, 1.807) is 0 Å². The molecule has 1 heterocycles. The minimum atomic E-state index is -4.96. The lowest BCUT2D eigenvalue weighted by atomic mass is 9.65. The quantitative estimate of drug-likeness (QED) is 0.0850. The SMILES string of the molecule is O=C(O)C1CCC(F)CC1N=NC1C(O)C2C(CC(S(=O)(=O)O)CC2NC2NC(O)NC(NC3CCCC(S(=O)(=O)O)C3)N2)CC1S(=O)(=O)O. The minimum absolute atomic E-state index is 0.00963. The minimum Gasteiger partial charge on any atom is -0.481 e. The summed E-state index contributed by atoms with van der Waals surface area (Å²) < 4.78 is 117. The Morgan fingerprint density at radius 1 is 0.740 bits per heavy atom. The first-order valence-corrected chi connectivity index (χ1v) is 21.0. The van der Waals surface area contributed by atoms with E-state index in [1.807, 2.05) is 0 Å². The van der Waals surface area contributed by atoms with E-state index in [0.29, 0.717) is 12.8 Å². The summed E-state index contributed by atoms with van der Waals surface area (Å²) in [7, 11) is -13.9. The Balaban J connectivity index is 1.38. The first-order valence-electron chi connectivity index (χ1n) is 16.5. The van der Waals surface area contributed by atoms with Crippen molar-refractivity contribution >= 4 is 36.3 Å². The molecular weight excluding hydrogens is 734 g/mol. The lowest BCUT2D eigenvalue weighted by Crippen LogP contribution is -2.77. The molecule has 15 unspecified atom stereocenters. The van der Waals surface area contributed by atoms with Gasteiger partial charge in [-0.25, -0.2) is 4.39 Å². The number of aliphatic hydroxyl groups excluding tert-OH is 2. The average Bonchev–Trinajstić information content (AvgIpc) is 2.98. The van der Waals surface area contributed by atoms with Gasteiger partial charge in [-0.05, 0) is 57.3 Å². The number of aliphatic hydroxyl groups is 2. The van der Waals surface area contributed by atoms with E-state index >= 15 is 0 Å². The summed E-state index contributed by atoms with van der Waals surface area (Å²) in [5.74, 6) is -4.25. The molecule has 5 aliphatic rings. The lowest BCUT2D eigenvalue weighted by Gasteiger charge is -2.51. The summed E-state index contributed by atoms with van der Waals surface area (Å²) in [6, 6.07) is -4.22. The summed E-state index contributed by atoms with van der Waals surface area (Å²) in [4.78, 5) is 11.8. The second kappa shape index (κ2) is 15.4. The predicted molar refractivity (Wildman–Crippen MR) is 170 cm³/mol. The Bertz CT molecular complexity index is 1590. The van der Waals surface area contributed by atoms with Crippen molar-refractivity contribution < 1.29 is 63.4 Å². The van der Waals surface area contributed by atoms with Crippen LogP contribution in [0.2, 0.25) is 0 Å². The summed E-state index contributed by atoms with van der Waals surface area (Å²) in [5, 5.41) is 50.5. The van der Waals surface area contributed by atoms with Gasteiger partial charge in [-0.15, -0.1) is 0 Å². The van der Waals surface area contributed by atoms with Crippen LogP contribution in [0.15, 0.2) is 10.2 Å². The fourth-order valence-electron chi connectivity index (χ4n) is 8.39. The number of carbonyl (C=O) groups is 1. The van der Waals surface area contributed by atoms with E-state index < -0.39 is 132 Å². The van der Waals surface area contributed by atoms with Gasteiger partial charge in [0.15, 0.2) is 6.35 Å². The van der Waals surface area contributed by atoms with Gasteiger partial charge in [-0.3, -0.25) is 45.0 Å². The number of halogens is 1. The number of rotatable bonds is 10. The van der Waals surface area contributed by atoms with Crippen LogP contribution in [0.3, 0.4) is 0 Å². The van der Waals surface area contributed by atoms with Crippen LogP contribution in [-0.4, -0.2) is 131 Å². The summed E-state index contributed by atoms with van der Waals surface area (Å²) >= 11 is 0. The molecule has 0 aromatic rings. The van der Waals surface area contributed by atoms with Gasteiger partial charge in [-0.2, -0.15) is 35.5 Å². The number of alkyl halides is 1. The van der Waals surface area contributed by atoms with E-state index in [9.17, 15) is 63.4 Å². The summed E-state index contributed by atoms with van der Waals surface area (Å²) in [5.41, 5.74) is 0. The zero-order chi connectivity index (χ0) is 36.8. The Labute approximate surface area is 289 Å². The highest BCUT2D eigenvalue weighted by Crippen LogP contribution is 2.45. The van der Waals surface area contributed by atoms with Crippen molar-refractivity contribution in [1.82, 2.24) is 26.6 Å². The largest absolute Gasteiger partial charge is 0.481 e. The van der Waals surface area contributed by atoms with Crippen LogP contribution in [0.25, 0.3) is 0 Å². The number of hydrogen-bond acceptors (Lipinski definition) is 16. The van der Waals surface area contributed by atoms with Gasteiger partial charge in [0.05, 0.1) is 28.6 Å². The van der Waals surface area contributed by atoms with Crippen molar-refractivity contribution in [2.24, 2.45) is 28.0 Å². The molecule has 288 valence electrons. The maximum Gasteiger partial charge on any atom is 0.308 e. The number of carboxylic acid groups (broad SMARTS) is 1. The normalized spacial score (nSPS) is 43.7. The smallest absolute Gasteiger partial charge is 0.308 e. The molecule has 24 heteroatoms. The van der Waals surface area contributed by atoms with Crippen molar-refractivity contribution in [2.45, 2.75) is 135 Å². The van der Waals surface area contributed by atoms with Gasteiger partial charge in [-0.1, -0.05) is 6.42 Å². The van der Waals surface area contributed by atoms with Crippen molar-refractivity contribution in [1.29, 1.82) is 0 Å². The topological polar surface area (TPSA) is 326 Å². The monoisotopic (exact) mass is 779 g/mol. The molecule has 0 amide bonds. The van der Waals surface area contributed by atoms with Crippen LogP contribution in [0.5, 0.6) is 0 Å². The van der Waals surface area contributed by atoms with E-state index in [0.717, 1.165) is 0 Å². The molecule has 0 bridgehead atoms. The van der Waals surface area contributed by atoms with Crippen LogP contribution in [0.4, 0.5) is 4.39 Å². The third kappa shape index (κ3) is 9.51. The van der Waals surface area contributed by atoms with Crippen LogP contribution in [-0.2, 0) is 35.1 Å². The fourth-order valence-corrected chi connectivity index (χ4v) is 11.3. The average molecular weight is 780 g/mol. The lowest BCUT2D eigenvalue weighted by molar-refractivity contribution is -0.143. The second-order valence-corrected chi connectivity index (χ2v) is 19.1. The zero-order valence-electron chi connectivity index (χ0n) is 26.8. The molecule has 11 N–H and O–H groups in total. The molecule has 0 spiro atoms. The van der Waals surface area contributed by atoms with Gasteiger partial charge in [0.1, 0.15) is 30.0 Å². The van der Waals surface area contributed by atoms with Crippen molar-refractivity contribution in [3.8, 4) is 0 Å². The number of hydrogen-bond donors (Lipinski definition) is 11. The standard InChI is InChI=1S/C26H46FN7O13S3/c27-12-4-5-16(23(36)37)17(8-12)33-34-21-19(50(45,46)47)7-11-6-15(49(42,43)44)10-18(20(11)22(21)35)29-25-30-24(31-26(38)32-25)28-13-2-1-3-14(9-13)48(39,40)41/h11-22,24-26,28-32,35,38H,1-10H2,(H,36,37)(H,39,40,41)(H,42,43,44)(H,45,46,47). The Hall–Kier alpha value is -1.55. The van der Waals surface area contributed by atoms with Crippen molar-refractivity contribution in [2.75, 3.05) is 0 Å². The van der Waals surface area contributed by atoms with E-state index in [4.69, 9.17) is 0 Å². The highest BCUT2D eigenvalue weighted by molar-refractivity contribution is 7.87. The Morgan fingerprint density at radius 2 is 1.40 bits per heavy atom. The molecule has 0 aromatic heterocycles. The van der Waals surface area contributed by atoms with Gasteiger partial charge >= 0.3 is 5.97 Å². The maximum atomic E-state index is 14.2. The number of fused-ring (bicyclic) bond motifs is 1. The zero-order valence-corrected chi connectivity index (χ0v) is 29.2. The van der Waals surface area contributed by atoms with Crippen LogP contribution < -0.4 is 26.6 Å². The molecule has 1 aliphatic heterocycles. The first kappa shape index (κ1) is 39.7. The number of carboxylic acids is 1. The fraction of sp³-hybridized carbons (Fsp3) is 0.962. The molecule has 20 nitrogen and oxygen atoms in total. The number of nitrogens with zero attached hydrogens (tertiary/aromatic N) is 2. The van der Waals surface area contributed by atoms with Gasteiger partial charge < -0.3 is 15.3 Å². The molecule has 0 radical (unpaired) electrons. The molecule has 5 rings (SSSR count). The van der Waals surface area contributed by atoms with E-state index in [-0.39, 0.29) is 44.9 Å². The molecule has 4 aliphatic carbocycles. The number of azo groups is 1. The molecule has 15 atom stereocenters. The third-order valence-corrected chi connectivity index (χ3v) is 14.5. The van der Waals surface area contributed by atoms with Crippen LogP contribution in [0.1, 0.15) is 64.2 Å². The van der Waals surface area contributed by atoms with Gasteiger partial charge in [0, 0.05) is 24.4 Å². The molecule has 50 heavy (non-hydrogen) atoms.